The third kappa shape index (κ3) is 4.61. The van der Waals surface area contributed by atoms with E-state index >= 15 is 0 Å². The van der Waals surface area contributed by atoms with Crippen molar-refractivity contribution in [2.24, 2.45) is 0 Å². The Hall–Kier alpha value is -4.72. The van der Waals surface area contributed by atoms with Gasteiger partial charge in [0.15, 0.2) is 5.82 Å². The Labute approximate surface area is 208 Å². The summed E-state index contributed by atoms with van der Waals surface area (Å²) in [5, 5.41) is 13.2. The van der Waals surface area contributed by atoms with Crippen molar-refractivity contribution in [3.05, 3.63) is 96.1 Å². The Morgan fingerprint density at radius 3 is 2.44 bits per heavy atom. The molecule has 2 aromatic heterocycles. The zero-order chi connectivity index (χ0) is 25.1. The van der Waals surface area contributed by atoms with E-state index in [0.717, 1.165) is 22.2 Å². The van der Waals surface area contributed by atoms with Gasteiger partial charge in [-0.2, -0.15) is 0 Å². The van der Waals surface area contributed by atoms with Crippen LogP contribution in [0.1, 0.15) is 28.7 Å². The number of carbonyl (C=O) groups is 1. The van der Waals surface area contributed by atoms with Crippen LogP contribution in [0.5, 0.6) is 17.4 Å². The van der Waals surface area contributed by atoms with E-state index in [0.29, 0.717) is 41.1 Å². The first kappa shape index (κ1) is 23.0. The molecule has 0 bridgehead atoms. The molecule has 0 saturated heterocycles. The number of hydrogen-bond donors (Lipinski definition) is 1. The molecule has 8 heteroatoms. The molecule has 0 saturated carbocycles. The average Bonchev–Trinajstić information content (AvgIpc) is 3.23. The maximum Gasteiger partial charge on any atom is 0.260 e. The van der Waals surface area contributed by atoms with E-state index in [2.05, 4.69) is 20.5 Å². The molecule has 0 atom stereocenters. The second-order valence-electron chi connectivity index (χ2n) is 8.19. The fourth-order valence-electron chi connectivity index (χ4n) is 3.91. The van der Waals surface area contributed by atoms with Gasteiger partial charge in [-0.05, 0) is 67.9 Å². The minimum absolute atomic E-state index is 0.240. The molecule has 0 aliphatic heterocycles. The third-order valence-corrected chi connectivity index (χ3v) is 5.88. The van der Waals surface area contributed by atoms with E-state index in [-0.39, 0.29) is 5.91 Å². The molecule has 8 nitrogen and oxygen atoms in total. The summed E-state index contributed by atoms with van der Waals surface area (Å²) < 4.78 is 13.4. The lowest BCUT2D eigenvalue weighted by Crippen LogP contribution is -2.14. The fraction of sp³-hybridized carbons (Fsp3) is 0.143. The van der Waals surface area contributed by atoms with E-state index in [4.69, 9.17) is 9.47 Å². The van der Waals surface area contributed by atoms with E-state index in [1.807, 2.05) is 67.8 Å². The zero-order valence-corrected chi connectivity index (χ0v) is 20.2. The van der Waals surface area contributed by atoms with Crippen LogP contribution >= 0.6 is 0 Å². The first-order chi connectivity index (χ1) is 17.5. The van der Waals surface area contributed by atoms with Crippen molar-refractivity contribution in [3.63, 3.8) is 0 Å². The van der Waals surface area contributed by atoms with Crippen LogP contribution in [0.3, 0.4) is 0 Å². The normalized spacial score (nSPS) is 10.9. The van der Waals surface area contributed by atoms with Crippen molar-refractivity contribution in [2.45, 2.75) is 20.8 Å². The van der Waals surface area contributed by atoms with Gasteiger partial charge in [0.25, 0.3) is 5.91 Å². The van der Waals surface area contributed by atoms with Crippen LogP contribution < -0.4 is 14.8 Å². The summed E-state index contributed by atoms with van der Waals surface area (Å²) >= 11 is 0. The van der Waals surface area contributed by atoms with Gasteiger partial charge in [-0.15, -0.1) is 10.2 Å². The maximum absolute atomic E-state index is 13.2. The predicted octanol–water partition coefficient (Wildman–Crippen LogP) is 5.88. The van der Waals surface area contributed by atoms with E-state index in [1.165, 1.54) is 0 Å². The summed E-state index contributed by atoms with van der Waals surface area (Å²) in [6.45, 7) is 6.29. The van der Waals surface area contributed by atoms with Gasteiger partial charge in [-0.3, -0.25) is 9.36 Å². The number of nitrogens with one attached hydrogen (secondary N) is 1. The number of aromatic nitrogens is 4. The average molecular weight is 480 g/mol. The van der Waals surface area contributed by atoms with E-state index < -0.39 is 0 Å². The van der Waals surface area contributed by atoms with Crippen LogP contribution in [0.15, 0.2) is 79.1 Å². The Kier molecular flexibility index (Phi) is 6.32. The lowest BCUT2D eigenvalue weighted by atomic mass is 10.0. The second kappa shape index (κ2) is 9.87. The highest BCUT2D eigenvalue weighted by Gasteiger charge is 2.17. The summed E-state index contributed by atoms with van der Waals surface area (Å²) in [5.74, 6) is 1.91. The molecule has 0 aliphatic carbocycles. The van der Waals surface area contributed by atoms with Gasteiger partial charge >= 0.3 is 0 Å². The van der Waals surface area contributed by atoms with Crippen LogP contribution in [-0.2, 0) is 0 Å². The number of amides is 1. The van der Waals surface area contributed by atoms with Gasteiger partial charge in [0, 0.05) is 17.4 Å². The molecule has 0 unspecified atom stereocenters. The summed E-state index contributed by atoms with van der Waals surface area (Å²) in [5.41, 5.74) is 3.09. The van der Waals surface area contributed by atoms with Gasteiger partial charge < -0.3 is 14.8 Å². The quantitative estimate of drug-likeness (QED) is 0.314. The first-order valence-corrected chi connectivity index (χ1v) is 11.6. The smallest absolute Gasteiger partial charge is 0.260 e. The van der Waals surface area contributed by atoms with Crippen molar-refractivity contribution in [1.29, 1.82) is 0 Å². The molecule has 2 heterocycles. The summed E-state index contributed by atoms with van der Waals surface area (Å²) in [6.07, 6.45) is 1.72. The molecule has 3 aromatic carbocycles. The van der Waals surface area contributed by atoms with E-state index in [1.54, 1.807) is 36.7 Å². The molecular formula is C28H25N5O3. The second-order valence-corrected chi connectivity index (χ2v) is 8.19. The minimum atomic E-state index is -0.240. The Morgan fingerprint density at radius 2 is 1.75 bits per heavy atom. The molecule has 180 valence electrons. The predicted molar refractivity (Wildman–Crippen MR) is 138 cm³/mol. The molecule has 0 radical (unpaired) electrons. The van der Waals surface area contributed by atoms with Crippen molar-refractivity contribution in [2.75, 3.05) is 11.9 Å². The number of benzene rings is 3. The molecule has 0 fully saturated rings. The SMILES string of the molecule is CCOc1ccc2ccccc2c1C(=O)Nc1ccc(Oc2ccc(-n3cnc(C)c3C)nn2)cc1. The van der Waals surface area contributed by atoms with Crippen molar-refractivity contribution in [3.8, 4) is 23.2 Å². The molecule has 0 aliphatic rings. The number of fused-ring (bicyclic) bond motifs is 1. The number of ether oxygens (including phenoxy) is 2. The Morgan fingerprint density at radius 1 is 0.944 bits per heavy atom. The van der Waals surface area contributed by atoms with Crippen LogP contribution in [0.25, 0.3) is 16.6 Å². The zero-order valence-electron chi connectivity index (χ0n) is 20.2. The number of rotatable bonds is 7. The highest BCUT2D eigenvalue weighted by molar-refractivity contribution is 6.15. The Balaban J connectivity index is 1.30. The minimum Gasteiger partial charge on any atom is -0.493 e. The van der Waals surface area contributed by atoms with Crippen LogP contribution in [0, 0.1) is 13.8 Å². The number of hydrogen-bond acceptors (Lipinski definition) is 6. The monoisotopic (exact) mass is 479 g/mol. The van der Waals surface area contributed by atoms with Gasteiger partial charge in [0.1, 0.15) is 17.8 Å². The molecule has 5 rings (SSSR count). The maximum atomic E-state index is 13.2. The highest BCUT2D eigenvalue weighted by Crippen LogP contribution is 2.30. The summed E-state index contributed by atoms with van der Waals surface area (Å²) in [7, 11) is 0. The van der Waals surface area contributed by atoms with E-state index in [9.17, 15) is 4.79 Å². The summed E-state index contributed by atoms with van der Waals surface area (Å²) in [6, 6.07) is 22.2. The standard InChI is InChI=1S/C28H25N5O3/c1-4-35-24-14-9-20-7-5-6-8-23(20)27(24)28(34)30-21-10-12-22(13-11-21)36-26-16-15-25(31-32-26)33-17-29-18(2)19(33)3/h5-17H,4H2,1-3H3,(H,30,34). The number of carbonyl (C=O) groups excluding carboxylic acids is 1. The number of imidazole rings is 1. The number of nitrogens with zero attached hydrogens (tertiary/aromatic N) is 4. The van der Waals surface area contributed by atoms with Gasteiger partial charge in [-0.25, -0.2) is 4.98 Å². The van der Waals surface area contributed by atoms with Gasteiger partial charge in [-0.1, -0.05) is 30.3 Å². The molecular weight excluding hydrogens is 454 g/mol. The molecule has 1 amide bonds. The highest BCUT2D eigenvalue weighted by atomic mass is 16.5. The van der Waals surface area contributed by atoms with Crippen LogP contribution in [0.4, 0.5) is 5.69 Å². The van der Waals surface area contributed by atoms with Crippen molar-refractivity contribution < 1.29 is 14.3 Å². The summed E-state index contributed by atoms with van der Waals surface area (Å²) in [4.78, 5) is 17.5. The third-order valence-electron chi connectivity index (χ3n) is 5.88. The van der Waals surface area contributed by atoms with Crippen LogP contribution in [0.2, 0.25) is 0 Å². The molecule has 0 spiro atoms. The lowest BCUT2D eigenvalue weighted by molar-refractivity contribution is 0.102. The van der Waals surface area contributed by atoms with Gasteiger partial charge in [0.2, 0.25) is 5.88 Å². The molecule has 5 aromatic rings. The van der Waals surface area contributed by atoms with Crippen molar-refractivity contribution in [1.82, 2.24) is 19.7 Å². The largest absolute Gasteiger partial charge is 0.493 e. The van der Waals surface area contributed by atoms with Crippen LogP contribution in [-0.4, -0.2) is 32.3 Å². The number of aryl methyl sites for hydroxylation is 1. The van der Waals surface area contributed by atoms with Crippen molar-refractivity contribution >= 4 is 22.4 Å². The lowest BCUT2D eigenvalue weighted by Gasteiger charge is -2.14. The molecule has 1 N–H and O–H groups in total. The molecule has 36 heavy (non-hydrogen) atoms. The topological polar surface area (TPSA) is 91.2 Å². The Bertz CT molecular complexity index is 1530. The number of anilines is 1. The first-order valence-electron chi connectivity index (χ1n) is 11.6. The van der Waals surface area contributed by atoms with Gasteiger partial charge in [0.05, 0.1) is 17.9 Å². The fourth-order valence-corrected chi connectivity index (χ4v) is 3.91.